The van der Waals surface area contributed by atoms with Crippen LogP contribution in [0.3, 0.4) is 0 Å². The number of benzene rings is 3. The Morgan fingerprint density at radius 2 is 1.44 bits per heavy atom. The van der Waals surface area contributed by atoms with Crippen LogP contribution < -0.4 is 4.74 Å². The van der Waals surface area contributed by atoms with Crippen LogP contribution in [0.1, 0.15) is 15.9 Å². The maximum absolute atomic E-state index is 12.3. The summed E-state index contributed by atoms with van der Waals surface area (Å²) in [5.74, 6) is 0.766. The van der Waals surface area contributed by atoms with Crippen LogP contribution in [-0.4, -0.2) is 5.97 Å². The minimum atomic E-state index is -0.477. The summed E-state index contributed by atoms with van der Waals surface area (Å²) in [5.41, 5.74) is 0.965. The first-order chi connectivity index (χ1) is 12.1. The summed E-state index contributed by atoms with van der Waals surface area (Å²) in [6.07, 6.45) is 0. The Kier molecular flexibility index (Phi) is 5.59. The SMILES string of the molecule is O=C(OCc1c(Cl)cccc1Cl)c1cccc(Oc2ccccc2)c1. The van der Waals surface area contributed by atoms with E-state index < -0.39 is 5.97 Å². The summed E-state index contributed by atoms with van der Waals surface area (Å²) in [6, 6.07) is 21.3. The third-order valence-electron chi connectivity index (χ3n) is 3.46. The minimum absolute atomic E-state index is 0.00110. The average molecular weight is 373 g/mol. The molecule has 5 heteroatoms. The molecule has 0 unspecified atom stereocenters. The van der Waals surface area contributed by atoms with Crippen LogP contribution in [0.2, 0.25) is 10.0 Å². The van der Waals surface area contributed by atoms with Crippen molar-refractivity contribution in [1.29, 1.82) is 0 Å². The lowest BCUT2D eigenvalue weighted by Crippen LogP contribution is -2.06. The first-order valence-electron chi connectivity index (χ1n) is 7.56. The molecule has 0 aliphatic rings. The van der Waals surface area contributed by atoms with Gasteiger partial charge < -0.3 is 9.47 Å². The van der Waals surface area contributed by atoms with Gasteiger partial charge in [0.25, 0.3) is 0 Å². The molecule has 0 spiro atoms. The standard InChI is InChI=1S/C20H14Cl2O3/c21-18-10-5-11-19(22)17(18)13-24-20(23)14-6-4-9-16(12-14)25-15-7-2-1-3-8-15/h1-12H,13H2. The highest BCUT2D eigenvalue weighted by Gasteiger charge is 2.12. The van der Waals surface area contributed by atoms with Crippen molar-refractivity contribution < 1.29 is 14.3 Å². The molecule has 0 saturated carbocycles. The number of halogens is 2. The zero-order chi connectivity index (χ0) is 17.6. The van der Waals surface area contributed by atoms with Crippen LogP contribution in [0, 0.1) is 0 Å². The molecular formula is C20H14Cl2O3. The van der Waals surface area contributed by atoms with Crippen LogP contribution in [-0.2, 0) is 11.3 Å². The molecule has 0 aliphatic heterocycles. The first-order valence-corrected chi connectivity index (χ1v) is 8.32. The van der Waals surface area contributed by atoms with Crippen LogP contribution in [0.25, 0.3) is 0 Å². The summed E-state index contributed by atoms with van der Waals surface area (Å²) >= 11 is 12.2. The second-order valence-electron chi connectivity index (χ2n) is 5.22. The first kappa shape index (κ1) is 17.3. The smallest absolute Gasteiger partial charge is 0.338 e. The van der Waals surface area contributed by atoms with Gasteiger partial charge in [-0.05, 0) is 42.5 Å². The highest BCUT2D eigenvalue weighted by atomic mass is 35.5. The number of ether oxygens (including phenoxy) is 2. The quantitative estimate of drug-likeness (QED) is 0.504. The Labute approximate surface area is 155 Å². The maximum atomic E-state index is 12.3. The normalized spacial score (nSPS) is 10.3. The van der Waals surface area contributed by atoms with E-state index in [0.717, 1.165) is 0 Å². The summed E-state index contributed by atoms with van der Waals surface area (Å²) in [6.45, 7) is 0.00110. The van der Waals surface area contributed by atoms with E-state index in [9.17, 15) is 4.79 Å². The van der Waals surface area contributed by atoms with E-state index in [2.05, 4.69) is 0 Å². The van der Waals surface area contributed by atoms with E-state index in [1.54, 1.807) is 42.5 Å². The number of esters is 1. The molecule has 0 N–H and O–H groups in total. The molecule has 3 rings (SSSR count). The Morgan fingerprint density at radius 3 is 2.16 bits per heavy atom. The van der Waals surface area contributed by atoms with E-state index in [1.807, 2.05) is 30.3 Å². The van der Waals surface area contributed by atoms with Gasteiger partial charge in [-0.1, -0.05) is 53.5 Å². The van der Waals surface area contributed by atoms with Crippen molar-refractivity contribution in [2.75, 3.05) is 0 Å². The van der Waals surface area contributed by atoms with Gasteiger partial charge in [0.15, 0.2) is 0 Å². The van der Waals surface area contributed by atoms with Crippen LogP contribution in [0.5, 0.6) is 11.5 Å². The molecule has 0 amide bonds. The Morgan fingerprint density at radius 1 is 0.800 bits per heavy atom. The predicted octanol–water partition coefficient (Wildman–Crippen LogP) is 6.14. The third-order valence-corrected chi connectivity index (χ3v) is 4.17. The fourth-order valence-corrected chi connectivity index (χ4v) is 2.71. The van der Waals surface area contributed by atoms with Crippen LogP contribution >= 0.6 is 23.2 Å². The highest BCUT2D eigenvalue weighted by molar-refractivity contribution is 6.35. The lowest BCUT2D eigenvalue weighted by Gasteiger charge is -2.10. The van der Waals surface area contributed by atoms with Crippen molar-refractivity contribution in [3.05, 3.63) is 94.0 Å². The Balaban J connectivity index is 1.69. The Hall–Kier alpha value is -2.49. The molecule has 0 bridgehead atoms. The lowest BCUT2D eigenvalue weighted by atomic mass is 10.2. The van der Waals surface area contributed by atoms with Crippen LogP contribution in [0.4, 0.5) is 0 Å². The molecule has 3 aromatic rings. The molecule has 0 aliphatic carbocycles. The van der Waals surface area contributed by atoms with Gasteiger partial charge in [-0.2, -0.15) is 0 Å². The number of para-hydroxylation sites is 1. The Bertz CT molecular complexity index is 859. The number of hydrogen-bond acceptors (Lipinski definition) is 3. The number of hydrogen-bond donors (Lipinski definition) is 0. The summed E-state index contributed by atoms with van der Waals surface area (Å²) in [5, 5.41) is 0.919. The van der Waals surface area contributed by atoms with Gasteiger partial charge in [0.1, 0.15) is 18.1 Å². The summed E-state index contributed by atoms with van der Waals surface area (Å²) in [4.78, 5) is 12.3. The topological polar surface area (TPSA) is 35.5 Å². The molecular weight excluding hydrogens is 359 g/mol. The zero-order valence-electron chi connectivity index (χ0n) is 13.1. The predicted molar refractivity (Wildman–Crippen MR) is 98.5 cm³/mol. The number of carbonyl (C=O) groups is 1. The van der Waals surface area contributed by atoms with Gasteiger partial charge in [-0.25, -0.2) is 4.79 Å². The van der Waals surface area contributed by atoms with Crippen molar-refractivity contribution >= 4 is 29.2 Å². The van der Waals surface area contributed by atoms with E-state index in [1.165, 1.54) is 0 Å². The lowest BCUT2D eigenvalue weighted by molar-refractivity contribution is 0.0472. The second-order valence-corrected chi connectivity index (χ2v) is 6.03. The van der Waals surface area contributed by atoms with Gasteiger partial charge >= 0.3 is 5.97 Å². The van der Waals surface area contributed by atoms with E-state index in [-0.39, 0.29) is 6.61 Å². The number of carbonyl (C=O) groups excluding carboxylic acids is 1. The molecule has 0 heterocycles. The van der Waals surface area contributed by atoms with Crippen molar-refractivity contribution in [2.24, 2.45) is 0 Å². The second kappa shape index (κ2) is 8.06. The summed E-state index contributed by atoms with van der Waals surface area (Å²) < 4.78 is 11.0. The molecule has 0 aromatic heterocycles. The minimum Gasteiger partial charge on any atom is -0.457 e. The highest BCUT2D eigenvalue weighted by Crippen LogP contribution is 2.26. The van der Waals surface area contributed by atoms with Gasteiger partial charge in [-0.3, -0.25) is 0 Å². The van der Waals surface area contributed by atoms with Gasteiger partial charge in [-0.15, -0.1) is 0 Å². The third kappa shape index (κ3) is 4.53. The summed E-state index contributed by atoms with van der Waals surface area (Å²) in [7, 11) is 0. The maximum Gasteiger partial charge on any atom is 0.338 e. The zero-order valence-corrected chi connectivity index (χ0v) is 14.6. The van der Waals surface area contributed by atoms with Crippen LogP contribution in [0.15, 0.2) is 72.8 Å². The van der Waals surface area contributed by atoms with Crippen molar-refractivity contribution in [2.45, 2.75) is 6.61 Å². The monoisotopic (exact) mass is 372 g/mol. The molecule has 25 heavy (non-hydrogen) atoms. The van der Waals surface area contributed by atoms with Gasteiger partial charge in [0.05, 0.1) is 5.56 Å². The van der Waals surface area contributed by atoms with Crippen molar-refractivity contribution in [3.8, 4) is 11.5 Å². The average Bonchev–Trinajstić information content (AvgIpc) is 2.62. The molecule has 126 valence electrons. The largest absolute Gasteiger partial charge is 0.457 e. The van der Waals surface area contributed by atoms with E-state index in [4.69, 9.17) is 32.7 Å². The van der Waals surface area contributed by atoms with Gasteiger partial charge in [0, 0.05) is 15.6 Å². The number of rotatable bonds is 5. The van der Waals surface area contributed by atoms with Crippen molar-refractivity contribution in [1.82, 2.24) is 0 Å². The molecule has 3 aromatic carbocycles. The van der Waals surface area contributed by atoms with E-state index in [0.29, 0.717) is 32.7 Å². The van der Waals surface area contributed by atoms with E-state index >= 15 is 0 Å². The fraction of sp³-hybridized carbons (Fsp3) is 0.0500. The molecule has 3 nitrogen and oxygen atoms in total. The molecule has 0 radical (unpaired) electrons. The van der Waals surface area contributed by atoms with Crippen molar-refractivity contribution in [3.63, 3.8) is 0 Å². The van der Waals surface area contributed by atoms with Gasteiger partial charge in [0.2, 0.25) is 0 Å². The fourth-order valence-electron chi connectivity index (χ4n) is 2.20. The molecule has 0 fully saturated rings. The molecule has 0 saturated heterocycles. The molecule has 0 atom stereocenters.